The molecule has 1 aromatic rings. The third-order valence-electron chi connectivity index (χ3n) is 6.36. The molecule has 0 saturated carbocycles. The van der Waals surface area contributed by atoms with Crippen LogP contribution in [0.25, 0.3) is 5.70 Å². The Morgan fingerprint density at radius 3 is 2.80 bits per heavy atom. The lowest BCUT2D eigenvalue weighted by molar-refractivity contribution is -0.146. The van der Waals surface area contributed by atoms with Crippen molar-refractivity contribution < 1.29 is 19.4 Å². The number of aliphatic hydroxyl groups excluding tert-OH is 1. The molecule has 0 spiro atoms. The molecule has 0 aromatic carbocycles. The van der Waals surface area contributed by atoms with E-state index in [1.807, 2.05) is 13.0 Å². The van der Waals surface area contributed by atoms with Crippen LogP contribution in [0.2, 0.25) is 0 Å². The summed E-state index contributed by atoms with van der Waals surface area (Å²) in [6, 6.07) is 2.50. The third-order valence-corrected chi connectivity index (χ3v) is 8.45. The summed E-state index contributed by atoms with van der Waals surface area (Å²) in [7, 11) is 0. The Morgan fingerprint density at radius 2 is 2.17 bits per heavy atom. The Morgan fingerprint density at radius 1 is 1.47 bits per heavy atom. The Kier molecular flexibility index (Phi) is 6.76. The minimum Gasteiger partial charge on any atom is -0.479 e. The highest BCUT2D eigenvalue weighted by Gasteiger charge is 2.44. The number of allylic oxidation sites excluding steroid dienone is 2. The molecular weight excluding hydrogens is 502 g/mol. The average molecular weight is 530 g/mol. The summed E-state index contributed by atoms with van der Waals surface area (Å²) in [4.78, 5) is 23.6. The topological polar surface area (TPSA) is 91.6 Å². The summed E-state index contributed by atoms with van der Waals surface area (Å²) in [5.74, 6) is -1.41. The van der Waals surface area contributed by atoms with Crippen LogP contribution in [0.5, 0.6) is 0 Å². The van der Waals surface area contributed by atoms with Crippen LogP contribution in [0.4, 0.5) is 4.39 Å². The van der Waals surface area contributed by atoms with E-state index < -0.39 is 18.2 Å². The summed E-state index contributed by atoms with van der Waals surface area (Å²) in [5, 5.41) is 22.5. The number of nitrogens with zero attached hydrogens (tertiary/aromatic N) is 1. The van der Waals surface area contributed by atoms with Gasteiger partial charge < -0.3 is 20.1 Å². The summed E-state index contributed by atoms with van der Waals surface area (Å²) in [6.07, 6.45) is 2.38. The minimum absolute atomic E-state index is 0.0411. The van der Waals surface area contributed by atoms with Gasteiger partial charge in [0.1, 0.15) is 6.17 Å². The second kappa shape index (κ2) is 8.82. The van der Waals surface area contributed by atoms with Crippen molar-refractivity contribution in [2.45, 2.75) is 71.3 Å². The number of alkyl halides is 1. The maximum absolute atomic E-state index is 14.8. The first-order valence-electron chi connectivity index (χ1n) is 10.2. The van der Waals surface area contributed by atoms with Crippen molar-refractivity contribution in [3.8, 4) is 0 Å². The maximum Gasteiger partial charge on any atom is 0.337 e. The Hall–Kier alpha value is -1.68. The van der Waals surface area contributed by atoms with Crippen molar-refractivity contribution in [2.75, 3.05) is 0 Å². The number of nitrogens with one attached hydrogen (secondary N) is 1. The maximum atomic E-state index is 14.8. The first kappa shape index (κ1) is 23.0. The van der Waals surface area contributed by atoms with Crippen LogP contribution in [0.15, 0.2) is 32.2 Å². The van der Waals surface area contributed by atoms with Gasteiger partial charge in [-0.1, -0.05) is 26.7 Å². The van der Waals surface area contributed by atoms with Crippen molar-refractivity contribution in [3.63, 3.8) is 0 Å². The average Bonchev–Trinajstić information content (AvgIpc) is 3.11. The molecule has 0 saturated heterocycles. The number of aliphatic hydroxyl groups is 1. The SMILES string of the molecule is CCCC[C@]1(C)C(I)=C(C)C(F)CC1NC1=CCn2c1cc([C@H](O)C(=O)O)cc2=O. The molecule has 2 aliphatic rings. The number of unbranched alkanes of at least 4 members (excludes halogenated alkanes) is 1. The molecule has 0 amide bonds. The molecule has 164 valence electrons. The van der Waals surface area contributed by atoms with Gasteiger partial charge in [-0.05, 0) is 59.2 Å². The van der Waals surface area contributed by atoms with Gasteiger partial charge in [0.15, 0.2) is 6.10 Å². The van der Waals surface area contributed by atoms with E-state index in [-0.39, 0.29) is 22.6 Å². The van der Waals surface area contributed by atoms with Crippen molar-refractivity contribution in [1.29, 1.82) is 0 Å². The predicted octanol–water partition coefficient (Wildman–Crippen LogP) is 3.93. The summed E-state index contributed by atoms with van der Waals surface area (Å²) >= 11 is 2.27. The molecular formula is C22H28FIN2O4. The van der Waals surface area contributed by atoms with Crippen LogP contribution < -0.4 is 10.9 Å². The first-order chi connectivity index (χ1) is 14.1. The van der Waals surface area contributed by atoms with Crippen LogP contribution in [-0.4, -0.2) is 33.0 Å². The largest absolute Gasteiger partial charge is 0.479 e. The lowest BCUT2D eigenvalue weighted by Crippen LogP contribution is -2.48. The number of halogens is 2. The summed E-state index contributed by atoms with van der Waals surface area (Å²) in [5.41, 5.74) is 1.41. The lowest BCUT2D eigenvalue weighted by Gasteiger charge is -2.44. The number of hydrogen-bond acceptors (Lipinski definition) is 4. The predicted molar refractivity (Wildman–Crippen MR) is 122 cm³/mol. The number of pyridine rings is 1. The zero-order chi connectivity index (χ0) is 22.2. The Balaban J connectivity index is 1.96. The normalized spacial score (nSPS) is 26.9. The molecule has 3 N–H and O–H groups in total. The van der Waals surface area contributed by atoms with Gasteiger partial charge in [-0.15, -0.1) is 0 Å². The van der Waals surface area contributed by atoms with Crippen LogP contribution >= 0.6 is 22.6 Å². The van der Waals surface area contributed by atoms with Gasteiger partial charge in [0, 0.05) is 34.1 Å². The molecule has 3 rings (SSSR count). The van der Waals surface area contributed by atoms with Crippen molar-refractivity contribution >= 4 is 34.3 Å². The van der Waals surface area contributed by atoms with E-state index in [9.17, 15) is 19.1 Å². The van der Waals surface area contributed by atoms with Crippen LogP contribution in [-0.2, 0) is 11.3 Å². The highest BCUT2D eigenvalue weighted by Crippen LogP contribution is 2.49. The van der Waals surface area contributed by atoms with Gasteiger partial charge >= 0.3 is 5.97 Å². The number of fused-ring (bicyclic) bond motifs is 1. The summed E-state index contributed by atoms with van der Waals surface area (Å²) in [6.45, 7) is 6.50. The zero-order valence-electron chi connectivity index (χ0n) is 17.4. The van der Waals surface area contributed by atoms with Crippen LogP contribution in [0.1, 0.15) is 63.8 Å². The number of carboxylic acid groups (broad SMARTS) is 1. The number of aromatic nitrogens is 1. The van der Waals surface area contributed by atoms with E-state index in [0.717, 1.165) is 34.5 Å². The fourth-order valence-electron chi connectivity index (χ4n) is 4.37. The fraction of sp³-hybridized carbons (Fsp3) is 0.545. The molecule has 30 heavy (non-hydrogen) atoms. The van der Waals surface area contributed by atoms with E-state index in [4.69, 9.17) is 5.11 Å². The van der Waals surface area contributed by atoms with Gasteiger partial charge in [0.25, 0.3) is 5.56 Å². The van der Waals surface area contributed by atoms with E-state index in [1.54, 1.807) is 0 Å². The second-order valence-electron chi connectivity index (χ2n) is 8.40. The zero-order valence-corrected chi connectivity index (χ0v) is 19.6. The van der Waals surface area contributed by atoms with E-state index in [2.05, 4.69) is 41.8 Å². The Labute approximate surface area is 189 Å². The third kappa shape index (κ3) is 4.08. The first-order valence-corrected chi connectivity index (χ1v) is 11.3. The van der Waals surface area contributed by atoms with Gasteiger partial charge in [-0.3, -0.25) is 4.79 Å². The highest BCUT2D eigenvalue weighted by molar-refractivity contribution is 14.1. The molecule has 2 unspecified atom stereocenters. The fourth-order valence-corrected chi connectivity index (χ4v) is 5.35. The van der Waals surface area contributed by atoms with E-state index >= 15 is 0 Å². The molecule has 2 heterocycles. The molecule has 0 bridgehead atoms. The van der Waals surface area contributed by atoms with Crippen LogP contribution in [0.3, 0.4) is 0 Å². The number of carboxylic acids is 1. The summed E-state index contributed by atoms with van der Waals surface area (Å²) < 4.78 is 17.3. The van der Waals surface area contributed by atoms with Crippen molar-refractivity contribution in [3.05, 3.63) is 49.0 Å². The standard InChI is InChI=1S/C22H28FIN2O4/c1-4-5-7-22(3)17(11-14(23)12(2)20(22)24)25-15-6-8-26-16(15)9-13(10-18(26)27)19(28)21(29)30/h6,9-10,14,17,19,25,28H,4-5,7-8,11H2,1-3H3,(H,29,30)/t14?,17?,19-,22-/m0/s1. The molecule has 4 atom stereocenters. The van der Waals surface area contributed by atoms with Crippen LogP contribution in [0, 0.1) is 5.41 Å². The molecule has 0 fully saturated rings. The molecule has 0 radical (unpaired) electrons. The lowest BCUT2D eigenvalue weighted by atomic mass is 9.70. The number of hydrogen-bond donors (Lipinski definition) is 3. The van der Waals surface area contributed by atoms with Crippen molar-refractivity contribution in [1.82, 2.24) is 9.88 Å². The molecule has 1 aliphatic heterocycles. The minimum atomic E-state index is -1.77. The second-order valence-corrected chi connectivity index (χ2v) is 9.48. The number of aliphatic carboxylic acids is 1. The van der Waals surface area contributed by atoms with E-state index in [1.165, 1.54) is 10.6 Å². The molecule has 1 aliphatic carbocycles. The van der Waals surface area contributed by atoms with Gasteiger partial charge in [-0.25, -0.2) is 9.18 Å². The van der Waals surface area contributed by atoms with Crippen molar-refractivity contribution in [2.24, 2.45) is 5.41 Å². The smallest absolute Gasteiger partial charge is 0.337 e. The molecule has 6 nitrogen and oxygen atoms in total. The molecule has 8 heteroatoms. The monoisotopic (exact) mass is 530 g/mol. The van der Waals surface area contributed by atoms with E-state index in [0.29, 0.717) is 24.4 Å². The number of rotatable bonds is 7. The highest BCUT2D eigenvalue weighted by atomic mass is 127. The van der Waals surface area contributed by atoms with Gasteiger partial charge in [0.05, 0.1) is 11.4 Å². The van der Waals surface area contributed by atoms with Gasteiger partial charge in [-0.2, -0.15) is 0 Å². The molecule has 1 aromatic heterocycles. The Bertz CT molecular complexity index is 970. The van der Waals surface area contributed by atoms with Gasteiger partial charge in [0.2, 0.25) is 0 Å². The number of carbonyl (C=O) groups is 1. The quantitative estimate of drug-likeness (QED) is 0.465.